The highest BCUT2D eigenvalue weighted by Gasteiger charge is 2.38. The molecule has 0 bridgehead atoms. The highest BCUT2D eigenvalue weighted by molar-refractivity contribution is 8.05. The van der Waals surface area contributed by atoms with Crippen molar-refractivity contribution in [2.24, 2.45) is 0 Å². The number of benzene rings is 1. The van der Waals surface area contributed by atoms with E-state index in [0.717, 1.165) is 5.56 Å². The number of rotatable bonds is 2. The van der Waals surface area contributed by atoms with Gasteiger partial charge in [-0.25, -0.2) is 0 Å². The lowest BCUT2D eigenvalue weighted by atomic mass is 10.2. The van der Waals surface area contributed by atoms with Gasteiger partial charge in [0.1, 0.15) is 16.7 Å². The van der Waals surface area contributed by atoms with Crippen molar-refractivity contribution in [2.45, 2.75) is 19.1 Å². The predicted molar refractivity (Wildman–Crippen MR) is 82.4 cm³/mol. The third-order valence-corrected chi connectivity index (χ3v) is 4.30. The summed E-state index contributed by atoms with van der Waals surface area (Å²) in [5.74, 6) is -0.616. The Bertz CT molecular complexity index is 658. The van der Waals surface area contributed by atoms with Gasteiger partial charge in [-0.2, -0.15) is 5.26 Å². The van der Waals surface area contributed by atoms with Crippen molar-refractivity contribution in [3.05, 3.63) is 40.4 Å². The number of aryl methyl sites for hydroxylation is 1. The van der Waals surface area contributed by atoms with E-state index in [1.807, 2.05) is 37.3 Å². The van der Waals surface area contributed by atoms with Crippen LogP contribution in [0.2, 0.25) is 0 Å². The number of nitrogens with one attached hydrogen (secondary N) is 1. The zero-order valence-corrected chi connectivity index (χ0v) is 12.8. The number of thioether (sulfide) groups is 1. The van der Waals surface area contributed by atoms with Gasteiger partial charge in [0.05, 0.1) is 5.25 Å². The van der Waals surface area contributed by atoms with Crippen LogP contribution in [0, 0.1) is 18.3 Å². The molecule has 0 aromatic heterocycles. The molecule has 1 aliphatic rings. The van der Waals surface area contributed by atoms with Crippen LogP contribution in [0.4, 0.5) is 5.69 Å². The number of carbonyl (C=O) groups is 2. The van der Waals surface area contributed by atoms with Crippen LogP contribution in [-0.4, -0.2) is 24.1 Å². The maximum Gasteiger partial charge on any atom is 0.264 e. The van der Waals surface area contributed by atoms with Crippen LogP contribution < -0.4 is 10.2 Å². The summed E-state index contributed by atoms with van der Waals surface area (Å²) in [4.78, 5) is 25.6. The highest BCUT2D eigenvalue weighted by Crippen LogP contribution is 2.40. The van der Waals surface area contributed by atoms with E-state index in [2.05, 4.69) is 5.32 Å². The van der Waals surface area contributed by atoms with Gasteiger partial charge < -0.3 is 5.32 Å². The molecule has 2 rings (SSSR count). The van der Waals surface area contributed by atoms with E-state index in [4.69, 9.17) is 0 Å². The molecule has 1 saturated heterocycles. The lowest BCUT2D eigenvalue weighted by Gasteiger charge is -2.18. The van der Waals surface area contributed by atoms with E-state index in [-0.39, 0.29) is 16.7 Å². The summed E-state index contributed by atoms with van der Waals surface area (Å²) in [6.07, 6.45) is 0. The van der Waals surface area contributed by atoms with Crippen molar-refractivity contribution < 1.29 is 9.59 Å². The molecule has 21 heavy (non-hydrogen) atoms. The van der Waals surface area contributed by atoms with Crippen LogP contribution in [-0.2, 0) is 9.59 Å². The smallest absolute Gasteiger partial charge is 0.264 e. The molecular formula is C15H15N3O2S. The van der Waals surface area contributed by atoms with Gasteiger partial charge in [0.15, 0.2) is 0 Å². The van der Waals surface area contributed by atoms with Gasteiger partial charge >= 0.3 is 0 Å². The number of likely N-dealkylation sites (N-methyl/N-ethyl adjacent to an activating group) is 1. The second-order valence-corrected chi connectivity index (χ2v) is 5.97. The molecule has 1 N–H and O–H groups in total. The summed E-state index contributed by atoms with van der Waals surface area (Å²) in [6.45, 7) is 3.72. The zero-order chi connectivity index (χ0) is 15.6. The third kappa shape index (κ3) is 2.78. The lowest BCUT2D eigenvalue weighted by molar-refractivity contribution is -0.117. The van der Waals surface area contributed by atoms with E-state index in [1.54, 1.807) is 6.92 Å². The van der Waals surface area contributed by atoms with Gasteiger partial charge in [-0.15, -0.1) is 0 Å². The molecule has 0 spiro atoms. The van der Waals surface area contributed by atoms with Crippen LogP contribution in [0.5, 0.6) is 0 Å². The molecule has 1 fully saturated rings. The average molecular weight is 301 g/mol. The molecule has 1 atom stereocenters. The second kappa shape index (κ2) is 6.02. The molecule has 1 unspecified atom stereocenters. The van der Waals surface area contributed by atoms with Crippen LogP contribution in [0.3, 0.4) is 0 Å². The SMILES string of the molecule is CNC(=O)C(C#N)=C1SC(C)C(=O)N1c1ccc(C)cc1. The topological polar surface area (TPSA) is 73.2 Å². The maximum atomic E-state index is 12.4. The Morgan fingerprint density at radius 2 is 2.00 bits per heavy atom. The first-order valence-corrected chi connectivity index (χ1v) is 7.31. The number of hydrogen-bond acceptors (Lipinski definition) is 4. The molecule has 1 aliphatic heterocycles. The van der Waals surface area contributed by atoms with Crippen LogP contribution in [0.15, 0.2) is 34.9 Å². The Morgan fingerprint density at radius 3 is 2.52 bits per heavy atom. The van der Waals surface area contributed by atoms with E-state index in [9.17, 15) is 14.9 Å². The number of nitriles is 1. The van der Waals surface area contributed by atoms with Gasteiger partial charge in [-0.05, 0) is 26.0 Å². The molecule has 1 aromatic rings. The molecule has 0 aliphatic carbocycles. The average Bonchev–Trinajstić information content (AvgIpc) is 2.76. The summed E-state index contributed by atoms with van der Waals surface area (Å²) < 4.78 is 0. The summed E-state index contributed by atoms with van der Waals surface area (Å²) in [5.41, 5.74) is 1.69. The quantitative estimate of drug-likeness (QED) is 0.669. The van der Waals surface area contributed by atoms with Crippen molar-refractivity contribution >= 4 is 29.3 Å². The maximum absolute atomic E-state index is 12.4. The van der Waals surface area contributed by atoms with Gasteiger partial charge in [0, 0.05) is 12.7 Å². The zero-order valence-electron chi connectivity index (χ0n) is 12.0. The molecule has 0 radical (unpaired) electrons. The Labute approximate surface area is 127 Å². The first kappa shape index (κ1) is 15.1. The number of carbonyl (C=O) groups excluding carboxylic acids is 2. The fraction of sp³-hybridized carbons (Fsp3) is 0.267. The van der Waals surface area contributed by atoms with E-state index >= 15 is 0 Å². The van der Waals surface area contributed by atoms with Gasteiger partial charge in [-0.1, -0.05) is 29.5 Å². The van der Waals surface area contributed by atoms with Crippen molar-refractivity contribution in [2.75, 3.05) is 11.9 Å². The highest BCUT2D eigenvalue weighted by atomic mass is 32.2. The Kier molecular flexibility index (Phi) is 4.34. The van der Waals surface area contributed by atoms with Gasteiger partial charge in [-0.3, -0.25) is 14.5 Å². The summed E-state index contributed by atoms with van der Waals surface area (Å²) in [6, 6.07) is 9.30. The van der Waals surface area contributed by atoms with E-state index in [1.165, 1.54) is 23.7 Å². The molecule has 2 amide bonds. The van der Waals surface area contributed by atoms with E-state index in [0.29, 0.717) is 10.7 Å². The van der Waals surface area contributed by atoms with Crippen LogP contribution >= 0.6 is 11.8 Å². The number of amides is 2. The molecule has 1 aromatic carbocycles. The van der Waals surface area contributed by atoms with Crippen molar-refractivity contribution in [3.63, 3.8) is 0 Å². The minimum atomic E-state index is -0.487. The summed E-state index contributed by atoms with van der Waals surface area (Å²) in [7, 11) is 1.46. The first-order chi connectivity index (χ1) is 9.99. The second-order valence-electron chi connectivity index (χ2n) is 4.64. The third-order valence-electron chi connectivity index (χ3n) is 3.13. The van der Waals surface area contributed by atoms with Crippen LogP contribution in [0.1, 0.15) is 12.5 Å². The molecule has 0 saturated carbocycles. The minimum absolute atomic E-state index is 0.0409. The molecule has 5 nitrogen and oxygen atoms in total. The largest absolute Gasteiger partial charge is 0.354 e. The molecule has 108 valence electrons. The molecule has 1 heterocycles. The summed E-state index contributed by atoms with van der Waals surface area (Å²) in [5, 5.41) is 11.7. The summed E-state index contributed by atoms with van der Waals surface area (Å²) >= 11 is 1.23. The van der Waals surface area contributed by atoms with Crippen molar-refractivity contribution in [3.8, 4) is 6.07 Å². The Morgan fingerprint density at radius 1 is 1.38 bits per heavy atom. The van der Waals surface area contributed by atoms with Crippen molar-refractivity contribution in [1.29, 1.82) is 5.26 Å². The normalized spacial score (nSPS) is 20.2. The number of hydrogen-bond donors (Lipinski definition) is 1. The number of nitrogens with zero attached hydrogens (tertiary/aromatic N) is 2. The first-order valence-electron chi connectivity index (χ1n) is 6.43. The fourth-order valence-electron chi connectivity index (χ4n) is 1.98. The number of anilines is 1. The van der Waals surface area contributed by atoms with Gasteiger partial charge in [0.2, 0.25) is 5.91 Å². The van der Waals surface area contributed by atoms with E-state index < -0.39 is 5.91 Å². The minimum Gasteiger partial charge on any atom is -0.354 e. The Balaban J connectivity index is 2.57. The molecule has 6 heteroatoms. The fourth-order valence-corrected chi connectivity index (χ4v) is 3.08. The molecular weight excluding hydrogens is 286 g/mol. The van der Waals surface area contributed by atoms with Crippen molar-refractivity contribution in [1.82, 2.24) is 5.32 Å². The van der Waals surface area contributed by atoms with Crippen LogP contribution in [0.25, 0.3) is 0 Å². The predicted octanol–water partition coefficient (Wildman–Crippen LogP) is 1.94. The van der Waals surface area contributed by atoms with Gasteiger partial charge in [0.25, 0.3) is 5.91 Å². The lowest BCUT2D eigenvalue weighted by Crippen LogP contribution is -2.29. The Hall–Kier alpha value is -2.26. The standard InChI is InChI=1S/C15H15N3O2S/c1-9-4-6-11(7-5-9)18-14(20)10(2)21-15(18)12(8-16)13(19)17-3/h4-7,10H,1-3H3,(H,17,19). The monoisotopic (exact) mass is 301 g/mol.